The third kappa shape index (κ3) is 7.36. The summed E-state index contributed by atoms with van der Waals surface area (Å²) in [6, 6.07) is 16.8. The highest BCUT2D eigenvalue weighted by atomic mass is 16.5. The SMILES string of the molecule is CCCCN1CCN(C(=O)N(CCCCCCC(=O)NO)c2ccc(-c3ccc4cc[nH]c4c3)cc2)CC1. The van der Waals surface area contributed by atoms with Crippen molar-refractivity contribution in [3.63, 3.8) is 0 Å². The number of aromatic amines is 1. The van der Waals surface area contributed by atoms with Crippen molar-refractivity contribution in [1.82, 2.24) is 20.3 Å². The molecule has 3 amide bonds. The second-order valence-electron chi connectivity index (χ2n) is 10.1. The summed E-state index contributed by atoms with van der Waals surface area (Å²) in [6.45, 7) is 7.30. The van der Waals surface area contributed by atoms with Crippen molar-refractivity contribution in [2.75, 3.05) is 44.2 Å². The molecule has 2 heterocycles. The summed E-state index contributed by atoms with van der Waals surface area (Å²) in [4.78, 5) is 34.6. The number of unbranched alkanes of at least 4 members (excludes halogenated alkanes) is 4. The first-order valence-electron chi connectivity index (χ1n) is 14.0. The van der Waals surface area contributed by atoms with Crippen LogP contribution in [0.4, 0.5) is 10.5 Å². The number of aromatic nitrogens is 1. The minimum atomic E-state index is -0.351. The zero-order chi connectivity index (χ0) is 26.7. The molecule has 1 fully saturated rings. The van der Waals surface area contributed by atoms with E-state index < -0.39 is 0 Å². The molecule has 0 spiro atoms. The van der Waals surface area contributed by atoms with Gasteiger partial charge in [-0.05, 0) is 66.6 Å². The van der Waals surface area contributed by atoms with E-state index in [4.69, 9.17) is 5.21 Å². The lowest BCUT2D eigenvalue weighted by Crippen LogP contribution is -2.53. The quantitative estimate of drug-likeness (QED) is 0.164. The highest BCUT2D eigenvalue weighted by molar-refractivity contribution is 5.92. The summed E-state index contributed by atoms with van der Waals surface area (Å²) in [5.41, 5.74) is 5.95. The second kappa shape index (κ2) is 14.0. The van der Waals surface area contributed by atoms with Crippen LogP contribution < -0.4 is 10.4 Å². The lowest BCUT2D eigenvalue weighted by Gasteiger charge is -2.37. The molecule has 1 aromatic heterocycles. The molecule has 8 heteroatoms. The molecular weight excluding hydrogens is 478 g/mol. The van der Waals surface area contributed by atoms with E-state index in [1.807, 2.05) is 16.0 Å². The first kappa shape index (κ1) is 27.7. The number of fused-ring (bicyclic) bond motifs is 1. The first-order valence-corrected chi connectivity index (χ1v) is 14.0. The molecule has 204 valence electrons. The van der Waals surface area contributed by atoms with E-state index in [1.165, 1.54) is 18.2 Å². The number of hydrogen-bond donors (Lipinski definition) is 3. The van der Waals surface area contributed by atoms with Crippen molar-refractivity contribution in [3.05, 3.63) is 54.7 Å². The van der Waals surface area contributed by atoms with Crippen molar-refractivity contribution in [2.24, 2.45) is 0 Å². The fourth-order valence-electron chi connectivity index (χ4n) is 5.08. The zero-order valence-electron chi connectivity index (χ0n) is 22.5. The largest absolute Gasteiger partial charge is 0.361 e. The minimum absolute atomic E-state index is 0.0698. The van der Waals surface area contributed by atoms with Crippen LogP contribution in [0.2, 0.25) is 0 Å². The third-order valence-electron chi connectivity index (χ3n) is 7.43. The lowest BCUT2D eigenvalue weighted by molar-refractivity contribution is -0.129. The van der Waals surface area contributed by atoms with Crippen LogP contribution in [0.15, 0.2) is 54.7 Å². The zero-order valence-corrected chi connectivity index (χ0v) is 22.5. The number of benzene rings is 2. The molecule has 38 heavy (non-hydrogen) atoms. The van der Waals surface area contributed by atoms with Gasteiger partial charge in [0.05, 0.1) is 0 Å². The third-order valence-corrected chi connectivity index (χ3v) is 7.43. The number of anilines is 1. The number of rotatable bonds is 12. The van der Waals surface area contributed by atoms with Gasteiger partial charge in [0.2, 0.25) is 5.91 Å². The van der Waals surface area contributed by atoms with Crippen molar-refractivity contribution >= 4 is 28.5 Å². The molecule has 0 aliphatic carbocycles. The van der Waals surface area contributed by atoms with E-state index in [-0.39, 0.29) is 11.9 Å². The monoisotopic (exact) mass is 519 g/mol. The molecule has 3 aromatic rings. The maximum absolute atomic E-state index is 13.7. The van der Waals surface area contributed by atoms with E-state index in [9.17, 15) is 9.59 Å². The average Bonchev–Trinajstić information content (AvgIpc) is 3.44. The van der Waals surface area contributed by atoms with Crippen LogP contribution in [-0.4, -0.2) is 71.2 Å². The number of hydrogen-bond acceptors (Lipinski definition) is 4. The number of amides is 3. The average molecular weight is 520 g/mol. The van der Waals surface area contributed by atoms with Crippen molar-refractivity contribution in [1.29, 1.82) is 0 Å². The Morgan fingerprint density at radius 3 is 2.39 bits per heavy atom. The molecule has 0 saturated carbocycles. The van der Waals surface area contributed by atoms with Gasteiger partial charge in [-0.25, -0.2) is 10.3 Å². The number of carbonyl (C=O) groups excluding carboxylic acids is 2. The Labute approximate surface area is 225 Å². The van der Waals surface area contributed by atoms with Gasteiger partial charge in [-0.15, -0.1) is 0 Å². The lowest BCUT2D eigenvalue weighted by atomic mass is 10.0. The topological polar surface area (TPSA) is 91.9 Å². The van der Waals surface area contributed by atoms with Gasteiger partial charge in [-0.3, -0.25) is 19.8 Å². The number of hydroxylamine groups is 1. The first-order chi connectivity index (χ1) is 18.6. The normalized spacial score (nSPS) is 14.1. The standard InChI is InChI=1S/C30H41N5O3/c1-2-3-17-33-19-21-34(22-20-33)30(37)35(18-7-5-4-6-8-29(36)32-38)27-13-11-24(12-14-27)26-10-9-25-15-16-31-28(25)23-26/h9-16,23,31,38H,2-8,17-22H2,1H3,(H,32,36). The Kier molecular flexibility index (Phi) is 10.2. The fraction of sp³-hybridized carbons (Fsp3) is 0.467. The van der Waals surface area contributed by atoms with Crippen LogP contribution >= 0.6 is 0 Å². The van der Waals surface area contributed by atoms with Gasteiger partial charge in [-0.2, -0.15) is 0 Å². The van der Waals surface area contributed by atoms with Gasteiger partial charge in [-0.1, -0.05) is 50.5 Å². The second-order valence-corrected chi connectivity index (χ2v) is 10.1. The van der Waals surface area contributed by atoms with Crippen LogP contribution in [0.5, 0.6) is 0 Å². The number of nitrogens with zero attached hydrogens (tertiary/aromatic N) is 3. The number of piperazine rings is 1. The van der Waals surface area contributed by atoms with Crippen LogP contribution in [0, 0.1) is 0 Å². The van der Waals surface area contributed by atoms with Gasteiger partial charge < -0.3 is 9.88 Å². The summed E-state index contributed by atoms with van der Waals surface area (Å²) < 4.78 is 0. The van der Waals surface area contributed by atoms with Gasteiger partial charge in [0, 0.05) is 56.5 Å². The molecule has 1 aliphatic heterocycles. The van der Waals surface area contributed by atoms with Crippen LogP contribution in [0.3, 0.4) is 0 Å². The summed E-state index contributed by atoms with van der Waals surface area (Å²) >= 11 is 0. The summed E-state index contributed by atoms with van der Waals surface area (Å²) in [7, 11) is 0. The summed E-state index contributed by atoms with van der Waals surface area (Å²) in [6.07, 6.45) is 8.03. The fourth-order valence-corrected chi connectivity index (χ4v) is 5.08. The van der Waals surface area contributed by atoms with E-state index >= 15 is 0 Å². The van der Waals surface area contributed by atoms with Gasteiger partial charge in [0.1, 0.15) is 0 Å². The number of urea groups is 1. The molecule has 0 radical (unpaired) electrons. The Morgan fingerprint density at radius 2 is 1.66 bits per heavy atom. The van der Waals surface area contributed by atoms with Crippen LogP contribution in [-0.2, 0) is 4.79 Å². The maximum Gasteiger partial charge on any atom is 0.324 e. The summed E-state index contributed by atoms with van der Waals surface area (Å²) in [5.74, 6) is -0.351. The van der Waals surface area contributed by atoms with Gasteiger partial charge >= 0.3 is 6.03 Å². The van der Waals surface area contributed by atoms with Crippen molar-refractivity contribution in [3.8, 4) is 11.1 Å². The van der Waals surface area contributed by atoms with E-state index in [1.54, 1.807) is 5.48 Å². The molecule has 0 bridgehead atoms. The molecular formula is C30H41N5O3. The Hall–Kier alpha value is -3.36. The smallest absolute Gasteiger partial charge is 0.324 e. The van der Waals surface area contributed by atoms with Gasteiger partial charge in [0.25, 0.3) is 0 Å². The molecule has 2 aromatic carbocycles. The van der Waals surface area contributed by atoms with Crippen molar-refractivity contribution < 1.29 is 14.8 Å². The summed E-state index contributed by atoms with van der Waals surface area (Å²) in [5, 5.41) is 9.84. The molecule has 8 nitrogen and oxygen atoms in total. The number of carbonyl (C=O) groups is 2. The molecule has 0 unspecified atom stereocenters. The minimum Gasteiger partial charge on any atom is -0.361 e. The molecule has 1 aliphatic rings. The highest BCUT2D eigenvalue weighted by Crippen LogP contribution is 2.27. The van der Waals surface area contributed by atoms with Crippen LogP contribution in [0.1, 0.15) is 51.9 Å². The number of nitrogens with one attached hydrogen (secondary N) is 2. The Bertz CT molecular complexity index is 1170. The molecule has 4 rings (SSSR count). The predicted octanol–water partition coefficient (Wildman–Crippen LogP) is 5.63. The number of H-pyrrole nitrogens is 1. The Balaban J connectivity index is 1.42. The van der Waals surface area contributed by atoms with E-state index in [2.05, 4.69) is 65.3 Å². The molecule has 1 saturated heterocycles. The Morgan fingerprint density at radius 1 is 0.921 bits per heavy atom. The van der Waals surface area contributed by atoms with Crippen molar-refractivity contribution in [2.45, 2.75) is 51.9 Å². The predicted molar refractivity (Wildman–Crippen MR) is 152 cm³/mol. The molecule has 0 atom stereocenters. The molecule has 3 N–H and O–H groups in total. The van der Waals surface area contributed by atoms with Crippen LogP contribution in [0.25, 0.3) is 22.0 Å². The van der Waals surface area contributed by atoms with E-state index in [0.29, 0.717) is 13.0 Å². The van der Waals surface area contributed by atoms with E-state index in [0.717, 1.165) is 80.7 Å². The van der Waals surface area contributed by atoms with Gasteiger partial charge in [0.15, 0.2) is 0 Å². The maximum atomic E-state index is 13.7. The highest BCUT2D eigenvalue weighted by Gasteiger charge is 2.26.